The summed E-state index contributed by atoms with van der Waals surface area (Å²) < 4.78 is 4.62. The maximum Gasteiger partial charge on any atom is 0.307 e. The first-order valence-electron chi connectivity index (χ1n) is 7.90. The third-order valence-corrected chi connectivity index (χ3v) is 4.02. The summed E-state index contributed by atoms with van der Waals surface area (Å²) in [5.41, 5.74) is 1.57. The summed E-state index contributed by atoms with van der Waals surface area (Å²) in [4.78, 5) is 44.8. The van der Waals surface area contributed by atoms with Gasteiger partial charge in [-0.2, -0.15) is 0 Å². The Morgan fingerprint density at radius 1 is 1.40 bits per heavy atom. The van der Waals surface area contributed by atoms with Crippen molar-refractivity contribution in [1.29, 1.82) is 0 Å². The zero-order chi connectivity index (χ0) is 17.8. The lowest BCUT2D eigenvalue weighted by Crippen LogP contribution is -2.57. The lowest BCUT2D eigenvalue weighted by atomic mass is 10.1. The number of benzene rings is 1. The Kier molecular flexibility index (Phi) is 4.94. The van der Waals surface area contributed by atoms with Crippen LogP contribution in [0.5, 0.6) is 0 Å². The van der Waals surface area contributed by atoms with Crippen molar-refractivity contribution >= 4 is 34.8 Å². The number of imidazole rings is 1. The van der Waals surface area contributed by atoms with Crippen molar-refractivity contribution in [3.8, 4) is 0 Å². The fraction of sp³-hybridized carbons (Fsp3) is 0.375. The van der Waals surface area contributed by atoms with E-state index >= 15 is 0 Å². The van der Waals surface area contributed by atoms with E-state index in [1.54, 1.807) is 4.90 Å². The number of aromatic nitrogens is 2. The van der Waals surface area contributed by atoms with Gasteiger partial charge in [0.15, 0.2) is 0 Å². The quantitative estimate of drug-likeness (QED) is 0.650. The van der Waals surface area contributed by atoms with Crippen LogP contribution in [0.1, 0.15) is 6.42 Å². The third kappa shape index (κ3) is 3.94. The second kappa shape index (κ2) is 7.31. The minimum Gasteiger partial charge on any atom is -0.469 e. The van der Waals surface area contributed by atoms with Gasteiger partial charge < -0.3 is 15.0 Å². The number of nitrogens with one attached hydrogen (secondary N) is 3. The number of H-pyrrole nitrogens is 1. The summed E-state index contributed by atoms with van der Waals surface area (Å²) in [6.07, 6.45) is -0.0970. The van der Waals surface area contributed by atoms with Crippen molar-refractivity contribution in [3.63, 3.8) is 0 Å². The average Bonchev–Trinajstić information content (AvgIpc) is 2.99. The van der Waals surface area contributed by atoms with Crippen molar-refractivity contribution in [3.05, 3.63) is 24.3 Å². The molecule has 2 heterocycles. The van der Waals surface area contributed by atoms with Gasteiger partial charge in [-0.25, -0.2) is 4.98 Å². The van der Waals surface area contributed by atoms with Gasteiger partial charge in [-0.05, 0) is 12.1 Å². The van der Waals surface area contributed by atoms with Crippen LogP contribution in [0.25, 0.3) is 11.0 Å². The molecule has 2 amide bonds. The van der Waals surface area contributed by atoms with Gasteiger partial charge in [0.05, 0.1) is 31.1 Å². The molecule has 9 nitrogen and oxygen atoms in total. The number of amides is 2. The Hall–Kier alpha value is -2.94. The molecule has 132 valence electrons. The number of esters is 1. The van der Waals surface area contributed by atoms with E-state index in [1.807, 2.05) is 24.3 Å². The molecule has 0 aliphatic carbocycles. The summed E-state index contributed by atoms with van der Waals surface area (Å²) in [6.45, 7) is 0.876. The largest absolute Gasteiger partial charge is 0.469 e. The van der Waals surface area contributed by atoms with Gasteiger partial charge in [-0.1, -0.05) is 12.1 Å². The summed E-state index contributed by atoms with van der Waals surface area (Å²) in [5, 5.41) is 5.38. The number of aromatic amines is 1. The highest BCUT2D eigenvalue weighted by Gasteiger charge is 2.33. The van der Waals surface area contributed by atoms with E-state index < -0.39 is 12.0 Å². The first kappa shape index (κ1) is 16.9. The molecule has 0 radical (unpaired) electrons. The van der Waals surface area contributed by atoms with Crippen molar-refractivity contribution in [2.45, 2.75) is 12.5 Å². The molecule has 1 aromatic heterocycles. The fourth-order valence-electron chi connectivity index (χ4n) is 2.78. The van der Waals surface area contributed by atoms with Crippen LogP contribution in [0, 0.1) is 0 Å². The van der Waals surface area contributed by atoms with Crippen LogP contribution >= 0.6 is 0 Å². The van der Waals surface area contributed by atoms with E-state index in [0.29, 0.717) is 19.0 Å². The molecule has 1 fully saturated rings. The van der Waals surface area contributed by atoms with E-state index in [9.17, 15) is 14.4 Å². The van der Waals surface area contributed by atoms with E-state index in [1.165, 1.54) is 7.11 Å². The van der Waals surface area contributed by atoms with Gasteiger partial charge in [0.1, 0.15) is 6.04 Å². The van der Waals surface area contributed by atoms with E-state index in [2.05, 4.69) is 25.3 Å². The van der Waals surface area contributed by atoms with Crippen molar-refractivity contribution < 1.29 is 19.1 Å². The predicted octanol–water partition coefficient (Wildman–Crippen LogP) is -0.135. The number of carbonyl (C=O) groups is 3. The molecule has 1 aromatic carbocycles. The van der Waals surface area contributed by atoms with Crippen LogP contribution in [0.2, 0.25) is 0 Å². The monoisotopic (exact) mass is 345 g/mol. The summed E-state index contributed by atoms with van der Waals surface area (Å²) in [5.74, 6) is -0.751. The number of piperazine rings is 1. The first-order chi connectivity index (χ1) is 12.1. The summed E-state index contributed by atoms with van der Waals surface area (Å²) >= 11 is 0. The van der Waals surface area contributed by atoms with Crippen LogP contribution in [-0.2, 0) is 19.1 Å². The van der Waals surface area contributed by atoms with Gasteiger partial charge in [-0.15, -0.1) is 0 Å². The van der Waals surface area contributed by atoms with Gasteiger partial charge in [0.2, 0.25) is 17.8 Å². The van der Waals surface area contributed by atoms with E-state index in [4.69, 9.17) is 0 Å². The van der Waals surface area contributed by atoms with Gasteiger partial charge in [0, 0.05) is 13.1 Å². The summed E-state index contributed by atoms with van der Waals surface area (Å²) in [6, 6.07) is 6.71. The van der Waals surface area contributed by atoms with E-state index in [-0.39, 0.29) is 24.8 Å². The number of hydrogen-bond donors (Lipinski definition) is 3. The number of ether oxygens (including phenoxy) is 1. The zero-order valence-corrected chi connectivity index (χ0v) is 13.7. The normalized spacial score (nSPS) is 18.0. The maximum atomic E-state index is 12.3. The van der Waals surface area contributed by atoms with Crippen LogP contribution in [0.3, 0.4) is 0 Å². The molecule has 9 heteroatoms. The molecule has 0 unspecified atom stereocenters. The molecule has 1 aliphatic heterocycles. The Bertz CT molecular complexity index is 770. The summed E-state index contributed by atoms with van der Waals surface area (Å²) in [7, 11) is 1.27. The number of carbonyl (C=O) groups excluding carboxylic acids is 3. The molecule has 0 bridgehead atoms. The molecular formula is C16H19N5O4. The minimum absolute atomic E-state index is 0.0217. The Labute approximate surface area is 143 Å². The number of hydrogen-bond acceptors (Lipinski definition) is 6. The molecule has 1 aliphatic rings. The standard InChI is InChI=1S/C16H19N5O4/c1-25-14(23)8-12-15(24)17-6-7-21(12)9-13(22)20-16-18-10-4-2-3-5-11(10)19-16/h2-5,12H,6-9H2,1H3,(H,17,24)(H2,18,19,20,22)/t12-/m1/s1. The van der Waals surface area contributed by atoms with Crippen molar-refractivity contribution in [2.24, 2.45) is 0 Å². The maximum absolute atomic E-state index is 12.3. The highest BCUT2D eigenvalue weighted by molar-refractivity contribution is 5.93. The van der Waals surface area contributed by atoms with Crippen LogP contribution in [0.4, 0.5) is 5.95 Å². The zero-order valence-electron chi connectivity index (χ0n) is 13.7. The first-order valence-corrected chi connectivity index (χ1v) is 7.90. The molecule has 1 saturated heterocycles. The third-order valence-electron chi connectivity index (χ3n) is 4.02. The molecule has 3 rings (SSSR count). The molecular weight excluding hydrogens is 326 g/mol. The van der Waals surface area contributed by atoms with Crippen molar-refractivity contribution in [1.82, 2.24) is 20.2 Å². The van der Waals surface area contributed by atoms with Gasteiger partial charge >= 0.3 is 5.97 Å². The number of para-hydroxylation sites is 2. The number of rotatable bonds is 5. The SMILES string of the molecule is COC(=O)C[C@@H]1C(=O)NCCN1CC(=O)Nc1nc2ccccc2[nH]1. The topological polar surface area (TPSA) is 116 Å². The lowest BCUT2D eigenvalue weighted by Gasteiger charge is -2.33. The predicted molar refractivity (Wildman–Crippen MR) is 89.7 cm³/mol. The smallest absolute Gasteiger partial charge is 0.307 e. The number of anilines is 1. The molecule has 2 aromatic rings. The Balaban J connectivity index is 1.65. The number of fused-ring (bicyclic) bond motifs is 1. The van der Waals surface area contributed by atoms with Crippen LogP contribution in [-0.4, -0.2) is 65.4 Å². The number of nitrogens with zero attached hydrogens (tertiary/aromatic N) is 2. The van der Waals surface area contributed by atoms with E-state index in [0.717, 1.165) is 11.0 Å². The Morgan fingerprint density at radius 3 is 2.96 bits per heavy atom. The van der Waals surface area contributed by atoms with Crippen LogP contribution in [0.15, 0.2) is 24.3 Å². The second-order valence-corrected chi connectivity index (χ2v) is 5.71. The fourth-order valence-corrected chi connectivity index (χ4v) is 2.78. The second-order valence-electron chi connectivity index (χ2n) is 5.71. The highest BCUT2D eigenvalue weighted by atomic mass is 16.5. The van der Waals surface area contributed by atoms with Crippen LogP contribution < -0.4 is 10.6 Å². The minimum atomic E-state index is -0.720. The lowest BCUT2D eigenvalue weighted by molar-refractivity contribution is -0.146. The Morgan fingerprint density at radius 2 is 2.20 bits per heavy atom. The van der Waals surface area contributed by atoms with Gasteiger partial charge in [-0.3, -0.25) is 24.6 Å². The molecule has 3 N–H and O–H groups in total. The highest BCUT2D eigenvalue weighted by Crippen LogP contribution is 2.14. The van der Waals surface area contributed by atoms with Crippen molar-refractivity contribution in [2.75, 3.05) is 32.1 Å². The molecule has 25 heavy (non-hydrogen) atoms. The molecule has 0 saturated carbocycles. The molecule has 1 atom stereocenters. The average molecular weight is 345 g/mol. The molecule has 0 spiro atoms. The van der Waals surface area contributed by atoms with Gasteiger partial charge in [0.25, 0.3) is 0 Å². The number of methoxy groups -OCH3 is 1.